The Hall–Kier alpha value is -0.900. The van der Waals surface area contributed by atoms with E-state index < -0.39 is 0 Å². The number of benzene rings is 1. The first-order valence-corrected chi connectivity index (χ1v) is 6.68. The van der Waals surface area contributed by atoms with E-state index in [1.807, 2.05) is 30.3 Å². The van der Waals surface area contributed by atoms with Crippen molar-refractivity contribution in [1.29, 1.82) is 0 Å². The van der Waals surface area contributed by atoms with Crippen LogP contribution >= 0.6 is 35.0 Å². The Labute approximate surface area is 114 Å². The molecular formula is C12H10Cl2N2S. The van der Waals surface area contributed by atoms with Crippen LogP contribution in [0.5, 0.6) is 0 Å². The Morgan fingerprint density at radius 1 is 1.18 bits per heavy atom. The van der Waals surface area contributed by atoms with E-state index in [0.717, 1.165) is 21.9 Å². The van der Waals surface area contributed by atoms with E-state index in [9.17, 15) is 0 Å². The molecule has 2 N–H and O–H groups in total. The number of pyridine rings is 1. The minimum Gasteiger partial charge on any atom is -0.399 e. The number of nitrogens with zero attached hydrogens (tertiary/aromatic N) is 1. The van der Waals surface area contributed by atoms with Crippen LogP contribution in [0.3, 0.4) is 0 Å². The summed E-state index contributed by atoms with van der Waals surface area (Å²) in [5, 5.41) is 0.863. The molecule has 1 aromatic carbocycles. The van der Waals surface area contributed by atoms with Gasteiger partial charge in [0, 0.05) is 16.3 Å². The molecule has 2 rings (SSSR count). The summed E-state index contributed by atoms with van der Waals surface area (Å²) in [7, 11) is 0. The number of nitrogen functional groups attached to an aromatic ring is 1. The Kier molecular flexibility index (Phi) is 4.15. The van der Waals surface area contributed by atoms with Crippen LogP contribution in [-0.4, -0.2) is 4.98 Å². The maximum absolute atomic E-state index is 5.99. The highest BCUT2D eigenvalue weighted by Crippen LogP contribution is 2.27. The second-order valence-electron chi connectivity index (χ2n) is 3.45. The summed E-state index contributed by atoms with van der Waals surface area (Å²) < 4.78 is 0. The Morgan fingerprint density at radius 2 is 2.00 bits per heavy atom. The Morgan fingerprint density at radius 3 is 2.71 bits per heavy atom. The Bertz CT molecular complexity index is 532. The van der Waals surface area contributed by atoms with Crippen LogP contribution in [-0.2, 0) is 5.75 Å². The molecule has 1 aromatic heterocycles. The van der Waals surface area contributed by atoms with E-state index in [4.69, 9.17) is 28.9 Å². The quantitative estimate of drug-likeness (QED) is 0.520. The molecule has 0 amide bonds. The van der Waals surface area contributed by atoms with Crippen molar-refractivity contribution in [3.8, 4) is 0 Å². The van der Waals surface area contributed by atoms with Crippen molar-refractivity contribution < 1.29 is 0 Å². The molecule has 5 heteroatoms. The molecule has 0 saturated carbocycles. The molecule has 2 nitrogen and oxygen atoms in total. The number of thioether (sulfide) groups is 1. The zero-order valence-electron chi connectivity index (χ0n) is 8.86. The smallest absolute Gasteiger partial charge is 0.134 e. The van der Waals surface area contributed by atoms with Gasteiger partial charge in [-0.1, -0.05) is 35.3 Å². The topological polar surface area (TPSA) is 38.9 Å². The fourth-order valence-corrected chi connectivity index (χ4v) is 2.75. The number of nitrogens with two attached hydrogens (primary N) is 1. The maximum atomic E-state index is 5.99. The third-order valence-corrected chi connectivity index (χ3v) is 3.72. The van der Waals surface area contributed by atoms with Crippen LogP contribution in [0.4, 0.5) is 5.69 Å². The molecule has 1 heterocycles. The van der Waals surface area contributed by atoms with Gasteiger partial charge in [-0.2, -0.15) is 0 Å². The number of hydrogen-bond acceptors (Lipinski definition) is 3. The third kappa shape index (κ3) is 3.53. The number of aromatic nitrogens is 1. The molecule has 2 aromatic rings. The van der Waals surface area contributed by atoms with E-state index in [-0.39, 0.29) is 0 Å². The fraction of sp³-hybridized carbons (Fsp3) is 0.0833. The lowest BCUT2D eigenvalue weighted by atomic mass is 10.3. The van der Waals surface area contributed by atoms with Crippen molar-refractivity contribution in [2.24, 2.45) is 0 Å². The zero-order valence-corrected chi connectivity index (χ0v) is 11.2. The second kappa shape index (κ2) is 5.63. The van der Waals surface area contributed by atoms with Gasteiger partial charge in [0.2, 0.25) is 0 Å². The van der Waals surface area contributed by atoms with E-state index in [1.165, 1.54) is 0 Å². The molecule has 0 unspecified atom stereocenters. The summed E-state index contributed by atoms with van der Waals surface area (Å²) in [6.45, 7) is 0. The van der Waals surface area contributed by atoms with Crippen LogP contribution < -0.4 is 5.73 Å². The first-order chi connectivity index (χ1) is 8.15. The van der Waals surface area contributed by atoms with E-state index >= 15 is 0 Å². The van der Waals surface area contributed by atoms with Gasteiger partial charge in [0.25, 0.3) is 0 Å². The highest BCUT2D eigenvalue weighted by atomic mass is 35.5. The van der Waals surface area contributed by atoms with Crippen molar-refractivity contribution in [1.82, 2.24) is 4.98 Å². The van der Waals surface area contributed by atoms with Crippen LogP contribution in [0.25, 0.3) is 0 Å². The van der Waals surface area contributed by atoms with Gasteiger partial charge < -0.3 is 5.73 Å². The standard InChI is InChI=1S/C12H10Cl2N2S/c13-11-5-4-8(12(14)16-11)7-17-10-3-1-2-9(15)6-10/h1-6H,7,15H2. The molecule has 0 spiro atoms. The first kappa shape index (κ1) is 12.6. The molecule has 0 fully saturated rings. The zero-order chi connectivity index (χ0) is 12.3. The molecule has 88 valence electrons. The summed E-state index contributed by atoms with van der Waals surface area (Å²) in [4.78, 5) is 5.10. The predicted octanol–water partition coefficient (Wildman–Crippen LogP) is 4.26. The number of hydrogen-bond donors (Lipinski definition) is 1. The van der Waals surface area contributed by atoms with Crippen LogP contribution in [0.15, 0.2) is 41.3 Å². The van der Waals surface area contributed by atoms with Crippen molar-refractivity contribution in [2.75, 3.05) is 5.73 Å². The van der Waals surface area contributed by atoms with Gasteiger partial charge in [-0.3, -0.25) is 0 Å². The SMILES string of the molecule is Nc1cccc(SCc2ccc(Cl)nc2Cl)c1. The molecule has 0 aliphatic rings. The summed E-state index contributed by atoms with van der Waals surface area (Å²) >= 11 is 13.4. The molecule has 0 radical (unpaired) electrons. The van der Waals surface area contributed by atoms with E-state index in [0.29, 0.717) is 10.3 Å². The second-order valence-corrected chi connectivity index (χ2v) is 5.24. The fourth-order valence-electron chi connectivity index (χ4n) is 1.31. The van der Waals surface area contributed by atoms with E-state index in [1.54, 1.807) is 17.8 Å². The number of anilines is 1. The Balaban J connectivity index is 2.07. The summed E-state index contributed by atoms with van der Waals surface area (Å²) in [5.41, 5.74) is 7.43. The molecule has 0 bridgehead atoms. The summed E-state index contributed by atoms with van der Waals surface area (Å²) in [5.74, 6) is 0.743. The van der Waals surface area contributed by atoms with Crippen molar-refractivity contribution >= 4 is 40.7 Å². The average Bonchev–Trinajstić information content (AvgIpc) is 2.28. The summed E-state index contributed by atoms with van der Waals surface area (Å²) in [6.07, 6.45) is 0. The molecule has 17 heavy (non-hydrogen) atoms. The molecular weight excluding hydrogens is 275 g/mol. The van der Waals surface area contributed by atoms with Crippen LogP contribution in [0.2, 0.25) is 10.3 Å². The lowest BCUT2D eigenvalue weighted by Crippen LogP contribution is -1.88. The molecule has 0 saturated heterocycles. The maximum Gasteiger partial charge on any atom is 0.134 e. The van der Waals surface area contributed by atoms with Crippen LogP contribution in [0.1, 0.15) is 5.56 Å². The first-order valence-electron chi connectivity index (χ1n) is 4.94. The van der Waals surface area contributed by atoms with Gasteiger partial charge in [0.05, 0.1) is 0 Å². The lowest BCUT2D eigenvalue weighted by molar-refractivity contribution is 1.25. The van der Waals surface area contributed by atoms with E-state index in [2.05, 4.69) is 4.98 Å². The van der Waals surface area contributed by atoms with Gasteiger partial charge >= 0.3 is 0 Å². The van der Waals surface area contributed by atoms with Gasteiger partial charge in [-0.25, -0.2) is 4.98 Å². The van der Waals surface area contributed by atoms with Crippen molar-refractivity contribution in [3.05, 3.63) is 52.3 Å². The van der Waals surface area contributed by atoms with Crippen LogP contribution in [0, 0.1) is 0 Å². The van der Waals surface area contributed by atoms with Gasteiger partial charge in [-0.15, -0.1) is 11.8 Å². The number of rotatable bonds is 3. The van der Waals surface area contributed by atoms with Crippen molar-refractivity contribution in [2.45, 2.75) is 10.6 Å². The third-order valence-electron chi connectivity index (χ3n) is 2.14. The summed E-state index contributed by atoms with van der Waals surface area (Å²) in [6, 6.07) is 11.4. The average molecular weight is 285 g/mol. The minimum atomic E-state index is 0.410. The highest BCUT2D eigenvalue weighted by molar-refractivity contribution is 7.98. The molecule has 0 aliphatic heterocycles. The normalized spacial score (nSPS) is 10.5. The van der Waals surface area contributed by atoms with Crippen molar-refractivity contribution in [3.63, 3.8) is 0 Å². The highest BCUT2D eigenvalue weighted by Gasteiger charge is 2.03. The molecule has 0 atom stereocenters. The molecule has 0 aliphatic carbocycles. The van der Waals surface area contributed by atoms with Gasteiger partial charge in [0.1, 0.15) is 10.3 Å². The van der Waals surface area contributed by atoms with Gasteiger partial charge in [0.15, 0.2) is 0 Å². The monoisotopic (exact) mass is 284 g/mol. The number of halogens is 2. The largest absolute Gasteiger partial charge is 0.399 e. The predicted molar refractivity (Wildman–Crippen MR) is 74.7 cm³/mol. The minimum absolute atomic E-state index is 0.410. The lowest BCUT2D eigenvalue weighted by Gasteiger charge is -2.04. The van der Waals surface area contributed by atoms with Gasteiger partial charge in [-0.05, 0) is 29.8 Å².